The quantitative estimate of drug-likeness (QED) is 0.680. The summed E-state index contributed by atoms with van der Waals surface area (Å²) in [5, 5.41) is 3.38. The maximum atomic E-state index is 5.99. The summed E-state index contributed by atoms with van der Waals surface area (Å²) in [6, 6.07) is 10.5. The highest BCUT2D eigenvalue weighted by atomic mass is 16.5. The zero-order valence-electron chi connectivity index (χ0n) is 10.9. The molecule has 0 aromatic heterocycles. The second-order valence-corrected chi connectivity index (χ2v) is 4.64. The summed E-state index contributed by atoms with van der Waals surface area (Å²) in [5.74, 6) is 0.892. The minimum Gasteiger partial charge on any atom is -0.492 e. The number of hydrogen-bond donors (Lipinski definition) is 2. The molecule has 0 saturated carbocycles. The van der Waals surface area contributed by atoms with Gasteiger partial charge in [-0.25, -0.2) is 0 Å². The van der Waals surface area contributed by atoms with E-state index < -0.39 is 0 Å². The van der Waals surface area contributed by atoms with Crippen molar-refractivity contribution in [3.63, 3.8) is 0 Å². The molecule has 1 unspecified atom stereocenters. The van der Waals surface area contributed by atoms with Gasteiger partial charge in [0.2, 0.25) is 0 Å². The van der Waals surface area contributed by atoms with E-state index in [-0.39, 0.29) is 6.04 Å². The first-order valence-electron chi connectivity index (χ1n) is 6.35. The predicted octanol–water partition coefficient (Wildman–Crippen LogP) is 2.17. The van der Waals surface area contributed by atoms with Crippen molar-refractivity contribution in [3.05, 3.63) is 30.3 Å². The molecule has 3 nitrogen and oxygen atoms in total. The molecular formula is C14H24N2O. The summed E-state index contributed by atoms with van der Waals surface area (Å²) in [7, 11) is 0. The minimum absolute atomic E-state index is 0.115. The van der Waals surface area contributed by atoms with Gasteiger partial charge in [-0.1, -0.05) is 32.0 Å². The van der Waals surface area contributed by atoms with Gasteiger partial charge in [0.15, 0.2) is 0 Å². The average Bonchev–Trinajstić information content (AvgIpc) is 2.33. The SMILES string of the molecule is CC(C)NCCCC(N)COc1ccccc1. The fourth-order valence-electron chi connectivity index (χ4n) is 1.56. The standard InChI is InChI=1S/C14H24N2O/c1-12(2)16-10-6-7-13(15)11-17-14-8-4-3-5-9-14/h3-5,8-9,12-13,16H,6-7,10-11,15H2,1-2H3. The Bertz CT molecular complexity index is 288. The molecule has 1 rings (SSSR count). The second-order valence-electron chi connectivity index (χ2n) is 4.64. The molecule has 1 aromatic rings. The van der Waals surface area contributed by atoms with Crippen LogP contribution in [0.5, 0.6) is 5.75 Å². The third kappa shape index (κ3) is 6.97. The summed E-state index contributed by atoms with van der Waals surface area (Å²) in [4.78, 5) is 0. The van der Waals surface area contributed by atoms with Gasteiger partial charge < -0.3 is 15.8 Å². The van der Waals surface area contributed by atoms with Crippen molar-refractivity contribution in [2.24, 2.45) is 5.73 Å². The Balaban J connectivity index is 2.07. The molecule has 0 spiro atoms. The van der Waals surface area contributed by atoms with Gasteiger partial charge in [-0.2, -0.15) is 0 Å². The molecule has 1 atom stereocenters. The van der Waals surface area contributed by atoms with Crippen LogP contribution in [-0.2, 0) is 0 Å². The second kappa shape index (κ2) is 8.09. The zero-order valence-corrected chi connectivity index (χ0v) is 10.9. The van der Waals surface area contributed by atoms with Gasteiger partial charge >= 0.3 is 0 Å². The highest BCUT2D eigenvalue weighted by Crippen LogP contribution is 2.08. The van der Waals surface area contributed by atoms with E-state index in [1.165, 1.54) is 0 Å². The summed E-state index contributed by atoms with van der Waals surface area (Å²) in [5.41, 5.74) is 5.99. The molecule has 3 N–H and O–H groups in total. The van der Waals surface area contributed by atoms with E-state index in [2.05, 4.69) is 19.2 Å². The average molecular weight is 236 g/mol. The molecule has 0 heterocycles. The maximum absolute atomic E-state index is 5.99. The highest BCUT2D eigenvalue weighted by molar-refractivity contribution is 5.20. The Kier molecular flexibility index (Phi) is 6.67. The van der Waals surface area contributed by atoms with E-state index >= 15 is 0 Å². The molecule has 0 saturated heterocycles. The summed E-state index contributed by atoms with van der Waals surface area (Å²) < 4.78 is 5.60. The predicted molar refractivity (Wildman–Crippen MR) is 72.3 cm³/mol. The lowest BCUT2D eigenvalue weighted by atomic mass is 10.2. The molecule has 96 valence electrons. The number of hydrogen-bond acceptors (Lipinski definition) is 3. The summed E-state index contributed by atoms with van der Waals surface area (Å²) in [6.07, 6.45) is 2.09. The fourth-order valence-corrected chi connectivity index (χ4v) is 1.56. The van der Waals surface area contributed by atoms with Crippen molar-refractivity contribution < 1.29 is 4.74 Å². The Morgan fingerprint density at radius 3 is 2.59 bits per heavy atom. The van der Waals surface area contributed by atoms with E-state index in [4.69, 9.17) is 10.5 Å². The van der Waals surface area contributed by atoms with Crippen LogP contribution in [-0.4, -0.2) is 25.2 Å². The number of benzene rings is 1. The largest absolute Gasteiger partial charge is 0.492 e. The Hall–Kier alpha value is -1.06. The van der Waals surface area contributed by atoms with E-state index in [1.54, 1.807) is 0 Å². The van der Waals surface area contributed by atoms with Crippen LogP contribution in [0, 0.1) is 0 Å². The van der Waals surface area contributed by atoms with Gasteiger partial charge in [0.05, 0.1) is 0 Å². The van der Waals surface area contributed by atoms with Gasteiger partial charge in [-0.05, 0) is 31.5 Å². The maximum Gasteiger partial charge on any atom is 0.119 e. The Morgan fingerprint density at radius 2 is 1.94 bits per heavy atom. The topological polar surface area (TPSA) is 47.3 Å². The Labute approximate surface area is 104 Å². The molecule has 0 aliphatic heterocycles. The lowest BCUT2D eigenvalue weighted by molar-refractivity contribution is 0.279. The van der Waals surface area contributed by atoms with E-state index in [0.717, 1.165) is 25.1 Å². The molecule has 0 fully saturated rings. The first-order valence-corrected chi connectivity index (χ1v) is 6.35. The molecule has 0 aliphatic rings. The smallest absolute Gasteiger partial charge is 0.119 e. The lowest BCUT2D eigenvalue weighted by Crippen LogP contribution is -2.30. The number of nitrogens with two attached hydrogens (primary N) is 1. The molecule has 17 heavy (non-hydrogen) atoms. The highest BCUT2D eigenvalue weighted by Gasteiger charge is 2.03. The number of para-hydroxylation sites is 1. The first kappa shape index (κ1) is 14.0. The van der Waals surface area contributed by atoms with Crippen LogP contribution in [0.1, 0.15) is 26.7 Å². The molecule has 0 amide bonds. The van der Waals surface area contributed by atoms with Gasteiger partial charge in [0.1, 0.15) is 12.4 Å². The summed E-state index contributed by atoms with van der Waals surface area (Å²) >= 11 is 0. The normalized spacial score (nSPS) is 12.7. The fraction of sp³-hybridized carbons (Fsp3) is 0.571. The van der Waals surface area contributed by atoms with Gasteiger partial charge in [0.25, 0.3) is 0 Å². The summed E-state index contributed by atoms with van der Waals surface area (Å²) in [6.45, 7) is 5.92. The van der Waals surface area contributed by atoms with Crippen molar-refractivity contribution in [2.45, 2.75) is 38.8 Å². The van der Waals surface area contributed by atoms with Crippen LogP contribution >= 0.6 is 0 Å². The number of ether oxygens (including phenoxy) is 1. The van der Waals surface area contributed by atoms with Crippen molar-refractivity contribution in [3.8, 4) is 5.75 Å². The van der Waals surface area contributed by atoms with Crippen LogP contribution in [0.2, 0.25) is 0 Å². The van der Waals surface area contributed by atoms with Gasteiger partial charge in [0, 0.05) is 12.1 Å². The molecule has 1 aromatic carbocycles. The van der Waals surface area contributed by atoms with Crippen molar-refractivity contribution in [1.29, 1.82) is 0 Å². The van der Waals surface area contributed by atoms with Crippen LogP contribution in [0.3, 0.4) is 0 Å². The van der Waals surface area contributed by atoms with E-state index in [0.29, 0.717) is 12.6 Å². The van der Waals surface area contributed by atoms with Crippen LogP contribution < -0.4 is 15.8 Å². The van der Waals surface area contributed by atoms with Crippen molar-refractivity contribution in [1.82, 2.24) is 5.32 Å². The molecule has 0 aliphatic carbocycles. The van der Waals surface area contributed by atoms with Crippen LogP contribution in [0.25, 0.3) is 0 Å². The molecule has 0 radical (unpaired) electrons. The Morgan fingerprint density at radius 1 is 1.24 bits per heavy atom. The number of rotatable bonds is 8. The zero-order chi connectivity index (χ0) is 12.5. The van der Waals surface area contributed by atoms with E-state index in [9.17, 15) is 0 Å². The number of nitrogens with one attached hydrogen (secondary N) is 1. The minimum atomic E-state index is 0.115. The monoisotopic (exact) mass is 236 g/mol. The molecule has 0 bridgehead atoms. The van der Waals surface area contributed by atoms with Crippen molar-refractivity contribution >= 4 is 0 Å². The van der Waals surface area contributed by atoms with E-state index in [1.807, 2.05) is 30.3 Å². The van der Waals surface area contributed by atoms with Gasteiger partial charge in [-0.3, -0.25) is 0 Å². The first-order chi connectivity index (χ1) is 8.18. The van der Waals surface area contributed by atoms with Crippen LogP contribution in [0.15, 0.2) is 30.3 Å². The lowest BCUT2D eigenvalue weighted by Gasteiger charge is -2.14. The van der Waals surface area contributed by atoms with Crippen molar-refractivity contribution in [2.75, 3.05) is 13.2 Å². The third-order valence-electron chi connectivity index (χ3n) is 2.51. The third-order valence-corrected chi connectivity index (χ3v) is 2.51. The van der Waals surface area contributed by atoms with Crippen LogP contribution in [0.4, 0.5) is 0 Å². The molecule has 3 heteroatoms. The molecular weight excluding hydrogens is 212 g/mol. The van der Waals surface area contributed by atoms with Gasteiger partial charge in [-0.15, -0.1) is 0 Å².